The van der Waals surface area contributed by atoms with Crippen LogP contribution < -0.4 is 0 Å². The summed E-state index contributed by atoms with van der Waals surface area (Å²) < 4.78 is 4.81. The molecule has 1 aliphatic rings. The number of allylic oxidation sites excluding steroid dienone is 4. The van der Waals surface area contributed by atoms with Gasteiger partial charge >= 0.3 is 5.97 Å². The molecule has 1 aliphatic carbocycles. The summed E-state index contributed by atoms with van der Waals surface area (Å²) in [5, 5.41) is 8.79. The Morgan fingerprint density at radius 2 is 2.26 bits per heavy atom. The van der Waals surface area contributed by atoms with Gasteiger partial charge < -0.3 is 9.84 Å². The van der Waals surface area contributed by atoms with E-state index < -0.39 is 5.97 Å². The zero-order valence-electron chi connectivity index (χ0n) is 11.0. The molecule has 4 nitrogen and oxygen atoms in total. The first kappa shape index (κ1) is 15.9. The maximum atomic E-state index is 11.9. The number of aliphatic hydroxyl groups excluding tert-OH is 1. The minimum Gasteiger partial charge on any atom is -0.463 e. The number of hydrogen-bond acceptors (Lipinski definition) is 4. The van der Waals surface area contributed by atoms with E-state index in [0.717, 1.165) is 6.42 Å². The van der Waals surface area contributed by atoms with Crippen molar-refractivity contribution in [1.82, 2.24) is 0 Å². The number of ether oxygens (including phenoxy) is 1. The summed E-state index contributed by atoms with van der Waals surface area (Å²) in [6.45, 7) is 1.80. The fourth-order valence-electron chi connectivity index (χ4n) is 2.06. The molecule has 1 N–H and O–H groups in total. The fourth-order valence-corrected chi connectivity index (χ4v) is 2.36. The molecule has 0 heterocycles. The molecule has 0 spiro atoms. The highest BCUT2D eigenvalue weighted by Gasteiger charge is 2.35. The molecule has 0 amide bonds. The van der Waals surface area contributed by atoms with Gasteiger partial charge in [0.1, 0.15) is 6.61 Å². The molecule has 106 valence electrons. The summed E-state index contributed by atoms with van der Waals surface area (Å²) in [6, 6.07) is 0. The first-order valence-corrected chi connectivity index (χ1v) is 6.81. The molecule has 19 heavy (non-hydrogen) atoms. The molecule has 2 atom stereocenters. The van der Waals surface area contributed by atoms with Crippen molar-refractivity contribution in [2.45, 2.75) is 26.2 Å². The highest BCUT2D eigenvalue weighted by Crippen LogP contribution is 2.34. The summed E-state index contributed by atoms with van der Waals surface area (Å²) in [6.07, 6.45) is 7.17. The molecule has 0 bridgehead atoms. The Morgan fingerprint density at radius 3 is 2.89 bits per heavy atom. The topological polar surface area (TPSA) is 63.6 Å². The lowest BCUT2D eigenvalue weighted by atomic mass is 9.89. The van der Waals surface area contributed by atoms with Gasteiger partial charge in [0, 0.05) is 5.92 Å². The van der Waals surface area contributed by atoms with Crippen LogP contribution in [0, 0.1) is 11.8 Å². The van der Waals surface area contributed by atoms with Crippen LogP contribution in [-0.4, -0.2) is 30.1 Å². The minimum absolute atomic E-state index is 0.0165. The molecule has 0 saturated heterocycles. The van der Waals surface area contributed by atoms with E-state index in [-0.39, 0.29) is 42.3 Å². The Morgan fingerprint density at radius 1 is 1.53 bits per heavy atom. The third-order valence-corrected chi connectivity index (χ3v) is 3.31. The Kier molecular flexibility index (Phi) is 6.81. The molecule has 0 fully saturated rings. The van der Waals surface area contributed by atoms with Crippen molar-refractivity contribution < 1.29 is 19.4 Å². The van der Waals surface area contributed by atoms with Gasteiger partial charge in [0.2, 0.25) is 0 Å². The Bertz CT molecular complexity index is 387. The van der Waals surface area contributed by atoms with Crippen molar-refractivity contribution in [2.24, 2.45) is 11.8 Å². The lowest BCUT2D eigenvalue weighted by molar-refractivity contribution is -0.145. The van der Waals surface area contributed by atoms with Crippen molar-refractivity contribution in [3.63, 3.8) is 0 Å². The first-order valence-electron chi connectivity index (χ1n) is 6.43. The van der Waals surface area contributed by atoms with E-state index in [9.17, 15) is 9.59 Å². The Labute approximate surface area is 118 Å². The fraction of sp³-hybridized carbons (Fsp3) is 0.571. The maximum absolute atomic E-state index is 11.9. The smallest absolute Gasteiger partial charge is 0.306 e. The lowest BCUT2D eigenvalue weighted by Crippen LogP contribution is -2.20. The number of carbonyl (C=O) groups is 2. The quantitative estimate of drug-likeness (QED) is 0.576. The molecule has 0 aromatic rings. The SMILES string of the molecule is CC/C=C/CC1C(=O)C(Cl)=CC1CC(=O)OCCO. The van der Waals surface area contributed by atoms with E-state index in [1.165, 1.54) is 0 Å². The number of rotatable bonds is 7. The number of carbonyl (C=O) groups excluding carboxylic acids is 2. The lowest BCUT2D eigenvalue weighted by Gasteiger charge is -2.15. The molecule has 0 saturated carbocycles. The second-order valence-corrected chi connectivity index (χ2v) is 4.82. The van der Waals surface area contributed by atoms with Gasteiger partial charge in [0.05, 0.1) is 18.1 Å². The predicted molar refractivity (Wildman–Crippen MR) is 72.6 cm³/mol. The zero-order valence-corrected chi connectivity index (χ0v) is 11.7. The summed E-state index contributed by atoms with van der Waals surface area (Å²) in [7, 11) is 0. The predicted octanol–water partition coefficient (Wildman–Crippen LogP) is 2.21. The highest BCUT2D eigenvalue weighted by atomic mass is 35.5. The third-order valence-electron chi connectivity index (χ3n) is 3.00. The molecule has 0 aromatic carbocycles. The zero-order chi connectivity index (χ0) is 14.3. The van der Waals surface area contributed by atoms with Crippen molar-refractivity contribution >= 4 is 23.4 Å². The van der Waals surface area contributed by atoms with Crippen molar-refractivity contribution in [3.05, 3.63) is 23.3 Å². The van der Waals surface area contributed by atoms with Gasteiger partial charge in [0.15, 0.2) is 5.78 Å². The van der Waals surface area contributed by atoms with Crippen LogP contribution in [0.3, 0.4) is 0 Å². The van der Waals surface area contributed by atoms with E-state index in [1.807, 2.05) is 19.1 Å². The second kappa shape index (κ2) is 8.12. The van der Waals surface area contributed by atoms with Crippen LogP contribution in [0.4, 0.5) is 0 Å². The summed E-state index contributed by atoms with van der Waals surface area (Å²) in [5.74, 6) is -1.02. The number of ketones is 1. The minimum atomic E-state index is -0.418. The number of hydrogen-bond donors (Lipinski definition) is 1. The summed E-state index contributed by atoms with van der Waals surface area (Å²) >= 11 is 5.85. The molecule has 0 aliphatic heterocycles. The standard InChI is InChI=1S/C14H19ClO4/c1-2-3-4-5-11-10(8-12(15)14(11)18)9-13(17)19-7-6-16/h3-4,8,10-11,16H,2,5-7,9H2,1H3/b4-3+. The van der Waals surface area contributed by atoms with Crippen molar-refractivity contribution in [3.8, 4) is 0 Å². The first-order chi connectivity index (χ1) is 9.10. The average Bonchev–Trinajstić information content (AvgIpc) is 2.64. The molecular weight excluding hydrogens is 268 g/mol. The van der Waals surface area contributed by atoms with Crippen LogP contribution in [0.15, 0.2) is 23.3 Å². The van der Waals surface area contributed by atoms with E-state index in [1.54, 1.807) is 6.08 Å². The maximum Gasteiger partial charge on any atom is 0.306 e. The molecule has 2 unspecified atom stereocenters. The Balaban J connectivity index is 2.60. The molecular formula is C14H19ClO4. The van der Waals surface area contributed by atoms with Crippen LogP contribution in [-0.2, 0) is 14.3 Å². The number of halogens is 1. The average molecular weight is 287 g/mol. The largest absolute Gasteiger partial charge is 0.463 e. The normalized spacial score (nSPS) is 22.9. The van der Waals surface area contributed by atoms with E-state index in [0.29, 0.717) is 6.42 Å². The van der Waals surface area contributed by atoms with E-state index in [2.05, 4.69) is 0 Å². The van der Waals surface area contributed by atoms with Gasteiger partial charge in [-0.2, -0.15) is 0 Å². The van der Waals surface area contributed by atoms with Gasteiger partial charge in [-0.25, -0.2) is 0 Å². The third kappa shape index (κ3) is 4.80. The van der Waals surface area contributed by atoms with Crippen LogP contribution in [0.2, 0.25) is 0 Å². The summed E-state index contributed by atoms with van der Waals surface area (Å²) in [4.78, 5) is 23.4. The number of esters is 1. The van der Waals surface area contributed by atoms with Crippen LogP contribution in [0.5, 0.6) is 0 Å². The molecule has 0 radical (unpaired) electrons. The highest BCUT2D eigenvalue weighted by molar-refractivity contribution is 6.43. The second-order valence-electron chi connectivity index (χ2n) is 4.41. The number of Topliss-reactive ketones (excluding diaryl/α,β-unsaturated/α-hetero) is 1. The molecule has 0 aromatic heterocycles. The molecule has 5 heteroatoms. The van der Waals surface area contributed by atoms with Gasteiger partial charge in [-0.05, 0) is 18.8 Å². The Hall–Kier alpha value is -1.13. The molecule has 1 rings (SSSR count). The van der Waals surface area contributed by atoms with Gasteiger partial charge in [-0.15, -0.1) is 0 Å². The summed E-state index contributed by atoms with van der Waals surface area (Å²) in [5.41, 5.74) is 0. The van der Waals surface area contributed by atoms with Crippen molar-refractivity contribution in [1.29, 1.82) is 0 Å². The van der Waals surface area contributed by atoms with Crippen molar-refractivity contribution in [2.75, 3.05) is 13.2 Å². The van der Waals surface area contributed by atoms with Crippen LogP contribution in [0.25, 0.3) is 0 Å². The van der Waals surface area contributed by atoms with Gasteiger partial charge in [0.25, 0.3) is 0 Å². The van der Waals surface area contributed by atoms with Crippen LogP contribution >= 0.6 is 11.6 Å². The van der Waals surface area contributed by atoms with Crippen LogP contribution in [0.1, 0.15) is 26.2 Å². The van der Waals surface area contributed by atoms with E-state index >= 15 is 0 Å². The van der Waals surface area contributed by atoms with Gasteiger partial charge in [-0.1, -0.05) is 36.8 Å². The van der Waals surface area contributed by atoms with Gasteiger partial charge in [-0.3, -0.25) is 9.59 Å². The monoisotopic (exact) mass is 286 g/mol. The number of aliphatic hydroxyl groups is 1. The van der Waals surface area contributed by atoms with E-state index in [4.69, 9.17) is 21.4 Å².